The van der Waals surface area contributed by atoms with E-state index in [0.717, 1.165) is 9.80 Å². The fourth-order valence-corrected chi connectivity index (χ4v) is 2.15. The molecular formula is C13H19N2O5-. The molecule has 1 atom stereocenters. The van der Waals surface area contributed by atoms with Gasteiger partial charge in [-0.15, -0.1) is 0 Å². The molecule has 0 N–H and O–H groups in total. The quantitative estimate of drug-likeness (QED) is 0.589. The summed E-state index contributed by atoms with van der Waals surface area (Å²) in [5.41, 5.74) is 0. The third kappa shape index (κ3) is 3.79. The maximum atomic E-state index is 11.7. The van der Waals surface area contributed by atoms with Crippen molar-refractivity contribution in [3.63, 3.8) is 0 Å². The van der Waals surface area contributed by atoms with E-state index in [2.05, 4.69) is 0 Å². The first kappa shape index (κ1) is 16.1. The van der Waals surface area contributed by atoms with E-state index in [1.165, 1.54) is 6.92 Å². The van der Waals surface area contributed by atoms with Crippen molar-refractivity contribution in [1.82, 2.24) is 9.80 Å². The summed E-state index contributed by atoms with van der Waals surface area (Å²) in [6.45, 7) is 4.53. The number of rotatable bonds is 6. The smallest absolute Gasteiger partial charge is 0.231 e. The number of hydrogen-bond acceptors (Lipinski definition) is 5. The molecule has 0 aromatic carbocycles. The van der Waals surface area contributed by atoms with Crippen molar-refractivity contribution >= 4 is 23.7 Å². The Bertz CT molecular complexity index is 416. The fraction of sp³-hybridized carbons (Fsp3) is 0.692. The molecule has 0 saturated carbocycles. The van der Waals surface area contributed by atoms with Gasteiger partial charge < -0.3 is 14.8 Å². The van der Waals surface area contributed by atoms with Crippen LogP contribution in [0.15, 0.2) is 0 Å². The molecule has 112 valence electrons. The Hall–Kier alpha value is -1.92. The number of carboxylic acid groups (broad SMARTS) is 1. The van der Waals surface area contributed by atoms with Crippen LogP contribution in [0.3, 0.4) is 0 Å². The van der Waals surface area contributed by atoms with Crippen molar-refractivity contribution < 1.29 is 24.3 Å². The van der Waals surface area contributed by atoms with Gasteiger partial charge in [-0.25, -0.2) is 0 Å². The Labute approximate surface area is 117 Å². The van der Waals surface area contributed by atoms with Crippen molar-refractivity contribution in [1.29, 1.82) is 0 Å². The molecule has 1 rings (SSSR count). The van der Waals surface area contributed by atoms with Gasteiger partial charge in [-0.1, -0.05) is 13.8 Å². The molecule has 0 radical (unpaired) electrons. The minimum absolute atomic E-state index is 0.0322. The van der Waals surface area contributed by atoms with Gasteiger partial charge in [0.25, 0.3) is 0 Å². The highest BCUT2D eigenvalue weighted by atomic mass is 16.4. The van der Waals surface area contributed by atoms with Gasteiger partial charge in [-0.2, -0.15) is 0 Å². The maximum Gasteiger partial charge on any atom is 0.231 e. The van der Waals surface area contributed by atoms with Gasteiger partial charge in [-0.05, 0) is 12.3 Å². The predicted molar refractivity (Wildman–Crippen MR) is 66.7 cm³/mol. The lowest BCUT2D eigenvalue weighted by Gasteiger charge is -2.34. The standard InChI is InChI=1S/C13H20N2O5/c1-8(2)6-10(13(19)20)14(9(3)16)7-15-11(17)4-5-12(15)18/h8,10H,4-7H2,1-3H3,(H,19,20)/p-1/t10-/m1/s1. The Kier molecular flexibility index (Phi) is 5.24. The minimum Gasteiger partial charge on any atom is -0.548 e. The lowest BCUT2D eigenvalue weighted by atomic mass is 10.0. The molecule has 0 aromatic rings. The summed E-state index contributed by atoms with van der Waals surface area (Å²) >= 11 is 0. The molecule has 20 heavy (non-hydrogen) atoms. The van der Waals surface area contributed by atoms with E-state index >= 15 is 0 Å². The molecule has 3 amide bonds. The molecule has 0 bridgehead atoms. The van der Waals surface area contributed by atoms with Crippen LogP contribution in [-0.4, -0.2) is 46.2 Å². The summed E-state index contributed by atoms with van der Waals surface area (Å²) in [6.07, 6.45) is 0.410. The van der Waals surface area contributed by atoms with Gasteiger partial charge in [0.2, 0.25) is 17.7 Å². The van der Waals surface area contributed by atoms with Gasteiger partial charge in [0.1, 0.15) is 6.67 Å². The van der Waals surface area contributed by atoms with Crippen LogP contribution in [0.25, 0.3) is 0 Å². The van der Waals surface area contributed by atoms with Gasteiger partial charge >= 0.3 is 0 Å². The first-order chi connectivity index (χ1) is 9.23. The van der Waals surface area contributed by atoms with Gasteiger partial charge in [0, 0.05) is 19.8 Å². The molecular weight excluding hydrogens is 264 g/mol. The van der Waals surface area contributed by atoms with E-state index in [4.69, 9.17) is 0 Å². The van der Waals surface area contributed by atoms with E-state index in [1.807, 2.05) is 13.8 Å². The topological polar surface area (TPSA) is 97.8 Å². The summed E-state index contributed by atoms with van der Waals surface area (Å²) in [7, 11) is 0. The second kappa shape index (κ2) is 6.49. The van der Waals surface area contributed by atoms with E-state index in [0.29, 0.717) is 0 Å². The zero-order valence-corrected chi connectivity index (χ0v) is 11.9. The lowest BCUT2D eigenvalue weighted by Crippen LogP contribution is -2.54. The van der Waals surface area contributed by atoms with Crippen LogP contribution in [0.2, 0.25) is 0 Å². The van der Waals surface area contributed by atoms with E-state index < -0.39 is 17.9 Å². The Morgan fingerprint density at radius 2 is 1.75 bits per heavy atom. The minimum atomic E-state index is -1.38. The number of amides is 3. The lowest BCUT2D eigenvalue weighted by molar-refractivity contribution is -0.312. The molecule has 7 nitrogen and oxygen atoms in total. The van der Waals surface area contributed by atoms with Crippen LogP contribution in [0.1, 0.15) is 40.0 Å². The summed E-state index contributed by atoms with van der Waals surface area (Å²) < 4.78 is 0. The van der Waals surface area contributed by atoms with Crippen molar-refractivity contribution in [3.05, 3.63) is 0 Å². The first-order valence-electron chi connectivity index (χ1n) is 6.55. The Balaban J connectivity index is 2.91. The van der Waals surface area contributed by atoms with Crippen molar-refractivity contribution in [3.8, 4) is 0 Å². The predicted octanol–water partition coefficient (Wildman–Crippen LogP) is -0.894. The number of carboxylic acids is 1. The van der Waals surface area contributed by atoms with Gasteiger partial charge in [0.05, 0.1) is 12.0 Å². The number of carbonyl (C=O) groups is 4. The molecule has 0 aromatic heterocycles. The van der Waals surface area contributed by atoms with Gasteiger partial charge in [-0.3, -0.25) is 19.3 Å². The number of carbonyl (C=O) groups excluding carboxylic acids is 4. The van der Waals surface area contributed by atoms with Crippen LogP contribution in [0.5, 0.6) is 0 Å². The highest BCUT2D eigenvalue weighted by Gasteiger charge is 2.33. The van der Waals surface area contributed by atoms with Gasteiger partial charge in [0.15, 0.2) is 0 Å². The molecule has 0 aliphatic carbocycles. The fourth-order valence-electron chi connectivity index (χ4n) is 2.15. The van der Waals surface area contributed by atoms with Crippen LogP contribution < -0.4 is 5.11 Å². The first-order valence-corrected chi connectivity index (χ1v) is 6.55. The largest absolute Gasteiger partial charge is 0.548 e. The summed E-state index contributed by atoms with van der Waals surface area (Å²) in [4.78, 5) is 47.9. The number of likely N-dealkylation sites (tertiary alicyclic amines) is 1. The van der Waals surface area contributed by atoms with E-state index in [1.54, 1.807) is 0 Å². The Morgan fingerprint density at radius 3 is 2.10 bits per heavy atom. The van der Waals surface area contributed by atoms with Crippen molar-refractivity contribution in [2.75, 3.05) is 6.67 Å². The second-order valence-corrected chi connectivity index (χ2v) is 5.31. The molecule has 0 unspecified atom stereocenters. The molecule has 7 heteroatoms. The summed E-state index contributed by atoms with van der Waals surface area (Å²) in [5.74, 6) is -2.63. The summed E-state index contributed by atoms with van der Waals surface area (Å²) in [5, 5.41) is 11.2. The van der Waals surface area contributed by atoms with Crippen molar-refractivity contribution in [2.45, 2.75) is 46.1 Å². The highest BCUT2D eigenvalue weighted by molar-refractivity contribution is 6.02. The molecule has 0 spiro atoms. The zero-order chi connectivity index (χ0) is 15.4. The highest BCUT2D eigenvalue weighted by Crippen LogP contribution is 2.17. The third-order valence-corrected chi connectivity index (χ3v) is 3.20. The maximum absolute atomic E-state index is 11.7. The van der Waals surface area contributed by atoms with E-state index in [9.17, 15) is 24.3 Å². The van der Waals surface area contributed by atoms with Crippen molar-refractivity contribution in [2.24, 2.45) is 5.92 Å². The average Bonchev–Trinajstić information content (AvgIpc) is 2.63. The molecule has 1 aliphatic heterocycles. The van der Waals surface area contributed by atoms with Crippen LogP contribution >= 0.6 is 0 Å². The van der Waals surface area contributed by atoms with Crippen LogP contribution in [0, 0.1) is 5.92 Å². The molecule has 1 heterocycles. The second-order valence-electron chi connectivity index (χ2n) is 5.31. The van der Waals surface area contributed by atoms with Crippen LogP contribution in [0.4, 0.5) is 0 Å². The molecule has 1 fully saturated rings. The zero-order valence-electron chi connectivity index (χ0n) is 11.9. The third-order valence-electron chi connectivity index (χ3n) is 3.20. The number of hydrogen-bond donors (Lipinski definition) is 0. The number of aliphatic carboxylic acids is 1. The number of imide groups is 1. The molecule has 1 aliphatic rings. The number of nitrogens with zero attached hydrogens (tertiary/aromatic N) is 2. The normalized spacial score (nSPS) is 16.7. The van der Waals surface area contributed by atoms with Crippen LogP contribution in [-0.2, 0) is 19.2 Å². The summed E-state index contributed by atoms with van der Waals surface area (Å²) in [6, 6.07) is -1.14. The average molecular weight is 283 g/mol. The monoisotopic (exact) mass is 283 g/mol. The molecule has 1 saturated heterocycles. The SMILES string of the molecule is CC(=O)N(CN1C(=O)CCC1=O)[C@H](CC(C)C)C(=O)[O-]. The Morgan fingerprint density at radius 1 is 1.25 bits per heavy atom. The van der Waals surface area contributed by atoms with E-state index in [-0.39, 0.29) is 43.7 Å².